The maximum Gasteiger partial charge on any atom is 0.120 e. The van der Waals surface area contributed by atoms with Crippen LogP contribution in [0.1, 0.15) is 22.3 Å². The highest BCUT2D eigenvalue weighted by Gasteiger charge is 2.01. The van der Waals surface area contributed by atoms with Gasteiger partial charge >= 0.3 is 0 Å². The summed E-state index contributed by atoms with van der Waals surface area (Å²) in [6.45, 7) is 6.89. The Balaban J connectivity index is 2.09. The van der Waals surface area contributed by atoms with E-state index in [2.05, 4.69) is 37.4 Å². The monoisotopic (exact) mass is 241 g/mol. The van der Waals surface area contributed by atoms with Crippen LogP contribution in [-0.4, -0.2) is 5.11 Å². The van der Waals surface area contributed by atoms with Gasteiger partial charge < -0.3 is 10.4 Å². The number of rotatable bonds is 3. The highest BCUT2D eigenvalue weighted by atomic mass is 16.3. The first-order valence-electron chi connectivity index (χ1n) is 6.16. The van der Waals surface area contributed by atoms with Crippen molar-refractivity contribution in [2.45, 2.75) is 27.3 Å². The predicted molar refractivity (Wildman–Crippen MR) is 76.1 cm³/mol. The molecule has 0 aromatic heterocycles. The van der Waals surface area contributed by atoms with E-state index in [9.17, 15) is 5.11 Å². The largest absolute Gasteiger partial charge is 0.508 e. The van der Waals surface area contributed by atoms with Crippen LogP contribution in [0.4, 0.5) is 5.69 Å². The standard InChI is InChI=1S/C16H19NO/c1-11-4-6-14(13(3)8-11)10-17-15-7-5-12(2)16(18)9-15/h4-9,17-18H,10H2,1-3H3. The molecule has 18 heavy (non-hydrogen) atoms. The number of hydrogen-bond donors (Lipinski definition) is 2. The fourth-order valence-electron chi connectivity index (χ4n) is 1.96. The van der Waals surface area contributed by atoms with Crippen molar-refractivity contribution in [1.29, 1.82) is 0 Å². The molecule has 0 saturated carbocycles. The molecule has 2 nitrogen and oxygen atoms in total. The first-order valence-corrected chi connectivity index (χ1v) is 6.16. The second kappa shape index (κ2) is 5.13. The number of aromatic hydroxyl groups is 1. The van der Waals surface area contributed by atoms with Gasteiger partial charge in [-0.2, -0.15) is 0 Å². The minimum atomic E-state index is 0.334. The minimum Gasteiger partial charge on any atom is -0.508 e. The van der Waals surface area contributed by atoms with Crippen molar-refractivity contribution in [2.24, 2.45) is 0 Å². The van der Waals surface area contributed by atoms with Crippen LogP contribution in [0, 0.1) is 20.8 Å². The van der Waals surface area contributed by atoms with Crippen LogP contribution in [0.2, 0.25) is 0 Å². The Morgan fingerprint density at radius 2 is 1.72 bits per heavy atom. The van der Waals surface area contributed by atoms with E-state index in [1.807, 2.05) is 19.1 Å². The maximum absolute atomic E-state index is 9.65. The van der Waals surface area contributed by atoms with E-state index < -0.39 is 0 Å². The summed E-state index contributed by atoms with van der Waals surface area (Å²) in [4.78, 5) is 0. The Kier molecular flexibility index (Phi) is 3.56. The molecule has 0 saturated heterocycles. The van der Waals surface area contributed by atoms with Gasteiger partial charge in [0.15, 0.2) is 0 Å². The number of anilines is 1. The summed E-state index contributed by atoms with van der Waals surface area (Å²) in [5, 5.41) is 13.0. The van der Waals surface area contributed by atoms with Gasteiger partial charge in [-0.15, -0.1) is 0 Å². The Bertz CT molecular complexity index is 561. The van der Waals surface area contributed by atoms with Crippen LogP contribution < -0.4 is 5.32 Å². The Morgan fingerprint density at radius 3 is 2.39 bits per heavy atom. The van der Waals surface area contributed by atoms with Gasteiger partial charge in [0.1, 0.15) is 5.75 Å². The van der Waals surface area contributed by atoms with Crippen molar-refractivity contribution in [1.82, 2.24) is 0 Å². The molecule has 2 rings (SSSR count). The van der Waals surface area contributed by atoms with E-state index >= 15 is 0 Å². The second-order valence-corrected chi connectivity index (χ2v) is 4.78. The van der Waals surface area contributed by atoms with Crippen molar-refractivity contribution in [3.8, 4) is 5.75 Å². The molecule has 0 amide bonds. The van der Waals surface area contributed by atoms with Crippen LogP contribution in [-0.2, 0) is 6.54 Å². The number of aryl methyl sites for hydroxylation is 3. The summed E-state index contributed by atoms with van der Waals surface area (Å²) in [7, 11) is 0. The van der Waals surface area contributed by atoms with E-state index in [4.69, 9.17) is 0 Å². The van der Waals surface area contributed by atoms with Crippen molar-refractivity contribution in [2.75, 3.05) is 5.32 Å². The molecule has 0 bridgehead atoms. The van der Waals surface area contributed by atoms with Crippen LogP contribution in [0.15, 0.2) is 36.4 Å². The minimum absolute atomic E-state index is 0.334. The average Bonchev–Trinajstić information content (AvgIpc) is 2.32. The summed E-state index contributed by atoms with van der Waals surface area (Å²) in [5.74, 6) is 0.334. The molecule has 2 N–H and O–H groups in total. The molecular weight excluding hydrogens is 222 g/mol. The zero-order valence-corrected chi connectivity index (χ0v) is 11.1. The van der Waals surface area contributed by atoms with Gasteiger partial charge in [-0.25, -0.2) is 0 Å². The Hall–Kier alpha value is -1.96. The highest BCUT2D eigenvalue weighted by Crippen LogP contribution is 2.21. The number of nitrogens with one attached hydrogen (secondary N) is 1. The van der Waals surface area contributed by atoms with Gasteiger partial charge in [0.25, 0.3) is 0 Å². The molecule has 0 spiro atoms. The lowest BCUT2D eigenvalue weighted by Gasteiger charge is -2.10. The highest BCUT2D eigenvalue weighted by molar-refractivity contribution is 5.51. The molecule has 0 fully saturated rings. The van der Waals surface area contributed by atoms with Crippen molar-refractivity contribution < 1.29 is 5.11 Å². The summed E-state index contributed by atoms with van der Waals surface area (Å²) in [5.41, 5.74) is 5.69. The lowest BCUT2D eigenvalue weighted by molar-refractivity contribution is 0.471. The van der Waals surface area contributed by atoms with Gasteiger partial charge in [-0.3, -0.25) is 0 Å². The van der Waals surface area contributed by atoms with E-state index in [0.29, 0.717) is 5.75 Å². The number of phenolic OH excluding ortho intramolecular Hbond substituents is 1. The topological polar surface area (TPSA) is 32.3 Å². The van der Waals surface area contributed by atoms with E-state index in [-0.39, 0.29) is 0 Å². The van der Waals surface area contributed by atoms with Crippen LogP contribution >= 0.6 is 0 Å². The fourth-order valence-corrected chi connectivity index (χ4v) is 1.96. The van der Waals surface area contributed by atoms with Crippen molar-refractivity contribution in [3.05, 3.63) is 58.7 Å². The zero-order valence-electron chi connectivity index (χ0n) is 11.1. The van der Waals surface area contributed by atoms with Gasteiger partial charge in [-0.1, -0.05) is 29.8 Å². The molecular formula is C16H19NO. The third-order valence-electron chi connectivity index (χ3n) is 3.19. The summed E-state index contributed by atoms with van der Waals surface area (Å²) in [6, 6.07) is 12.1. The fraction of sp³-hybridized carbons (Fsp3) is 0.250. The molecule has 0 radical (unpaired) electrons. The Morgan fingerprint density at radius 1 is 0.944 bits per heavy atom. The average molecular weight is 241 g/mol. The smallest absolute Gasteiger partial charge is 0.120 e. The van der Waals surface area contributed by atoms with E-state index in [0.717, 1.165) is 17.8 Å². The first-order chi connectivity index (χ1) is 8.56. The number of benzene rings is 2. The van der Waals surface area contributed by atoms with E-state index in [1.54, 1.807) is 6.07 Å². The summed E-state index contributed by atoms with van der Waals surface area (Å²) in [6.07, 6.45) is 0. The van der Waals surface area contributed by atoms with E-state index in [1.165, 1.54) is 16.7 Å². The van der Waals surface area contributed by atoms with Gasteiger partial charge in [0, 0.05) is 18.3 Å². The summed E-state index contributed by atoms with van der Waals surface area (Å²) >= 11 is 0. The molecule has 2 aromatic rings. The molecule has 0 aliphatic rings. The van der Waals surface area contributed by atoms with Crippen molar-refractivity contribution >= 4 is 5.69 Å². The molecule has 0 aliphatic heterocycles. The quantitative estimate of drug-likeness (QED) is 0.853. The Labute approximate surface area is 108 Å². The maximum atomic E-state index is 9.65. The zero-order chi connectivity index (χ0) is 13.1. The van der Waals surface area contributed by atoms with Crippen molar-refractivity contribution in [3.63, 3.8) is 0 Å². The van der Waals surface area contributed by atoms with Gasteiger partial charge in [0.2, 0.25) is 0 Å². The lowest BCUT2D eigenvalue weighted by Crippen LogP contribution is -2.01. The normalized spacial score (nSPS) is 10.4. The second-order valence-electron chi connectivity index (χ2n) is 4.78. The van der Waals surface area contributed by atoms with Crippen LogP contribution in [0.3, 0.4) is 0 Å². The molecule has 0 atom stereocenters. The predicted octanol–water partition coefficient (Wildman–Crippen LogP) is 3.93. The van der Waals surface area contributed by atoms with Crippen LogP contribution in [0.5, 0.6) is 5.75 Å². The third-order valence-corrected chi connectivity index (χ3v) is 3.19. The molecule has 2 aromatic carbocycles. The van der Waals surface area contributed by atoms with Crippen LogP contribution in [0.25, 0.3) is 0 Å². The third kappa shape index (κ3) is 2.83. The summed E-state index contributed by atoms with van der Waals surface area (Å²) < 4.78 is 0. The lowest BCUT2D eigenvalue weighted by atomic mass is 10.1. The SMILES string of the molecule is Cc1ccc(CNc2ccc(C)c(O)c2)c(C)c1. The number of phenols is 1. The van der Waals surface area contributed by atoms with Gasteiger partial charge in [0.05, 0.1) is 0 Å². The molecule has 2 heteroatoms. The molecule has 0 unspecified atom stereocenters. The molecule has 0 aliphatic carbocycles. The number of hydrogen-bond acceptors (Lipinski definition) is 2. The molecule has 0 heterocycles. The molecule has 94 valence electrons. The van der Waals surface area contributed by atoms with Gasteiger partial charge in [-0.05, 0) is 43.5 Å². The first kappa shape index (κ1) is 12.5.